The van der Waals surface area contributed by atoms with Gasteiger partial charge in [-0.15, -0.1) is 11.3 Å². The summed E-state index contributed by atoms with van der Waals surface area (Å²) in [6.07, 6.45) is -0.187. The number of carbonyl (C=O) groups is 1. The van der Waals surface area contributed by atoms with E-state index in [0.29, 0.717) is 4.88 Å². The Morgan fingerprint density at radius 1 is 1.50 bits per heavy atom. The largest absolute Gasteiger partial charge is 0.481 e. The van der Waals surface area contributed by atoms with Crippen LogP contribution in [0.4, 0.5) is 0 Å². The zero-order valence-electron chi connectivity index (χ0n) is 9.79. The molecule has 8 heteroatoms. The lowest BCUT2D eigenvalue weighted by Gasteiger charge is -2.08. The normalized spacial score (nSPS) is 13.4. The molecule has 1 aromatic heterocycles. The first-order valence-electron chi connectivity index (χ1n) is 5.26. The number of carboxylic acid groups (broad SMARTS) is 1. The van der Waals surface area contributed by atoms with Crippen molar-refractivity contribution >= 4 is 27.3 Å². The maximum Gasteiger partial charge on any atom is 0.308 e. The number of carboxylic acids is 1. The van der Waals surface area contributed by atoms with Crippen molar-refractivity contribution in [2.45, 2.75) is 17.6 Å². The van der Waals surface area contributed by atoms with Crippen molar-refractivity contribution in [2.24, 2.45) is 5.92 Å². The fourth-order valence-corrected chi connectivity index (χ4v) is 3.69. The summed E-state index contributed by atoms with van der Waals surface area (Å²) in [5.74, 6) is -1.17. The van der Waals surface area contributed by atoms with E-state index in [-0.39, 0.29) is 29.7 Å². The predicted molar refractivity (Wildman–Crippen MR) is 67.1 cm³/mol. The smallest absolute Gasteiger partial charge is 0.308 e. The third-order valence-electron chi connectivity index (χ3n) is 2.16. The molecule has 0 amide bonds. The number of sulfonamides is 1. The molecule has 1 heterocycles. The molecule has 1 aromatic rings. The van der Waals surface area contributed by atoms with Crippen LogP contribution in [0, 0.1) is 5.92 Å². The second kappa shape index (κ2) is 6.28. The fourth-order valence-electron chi connectivity index (χ4n) is 1.13. The van der Waals surface area contributed by atoms with Gasteiger partial charge in [-0.05, 0) is 18.1 Å². The van der Waals surface area contributed by atoms with Crippen molar-refractivity contribution in [3.8, 4) is 0 Å². The molecule has 0 aliphatic carbocycles. The van der Waals surface area contributed by atoms with Gasteiger partial charge in [0.05, 0.1) is 6.42 Å². The van der Waals surface area contributed by atoms with Crippen LogP contribution in [0.2, 0.25) is 0 Å². The van der Waals surface area contributed by atoms with Crippen LogP contribution in [-0.4, -0.2) is 37.8 Å². The molecule has 0 bridgehead atoms. The van der Waals surface area contributed by atoms with Crippen LogP contribution in [-0.2, 0) is 21.2 Å². The summed E-state index contributed by atoms with van der Waals surface area (Å²) in [5, 5.41) is 17.4. The van der Waals surface area contributed by atoms with Gasteiger partial charge in [0.15, 0.2) is 0 Å². The van der Waals surface area contributed by atoms with Gasteiger partial charge in [-0.1, -0.05) is 6.92 Å². The molecule has 0 spiro atoms. The molecular formula is C10H15NO5S2. The van der Waals surface area contributed by atoms with Gasteiger partial charge in [-0.2, -0.15) is 0 Å². The molecule has 0 fully saturated rings. The van der Waals surface area contributed by atoms with Gasteiger partial charge in [0, 0.05) is 18.0 Å². The molecule has 18 heavy (non-hydrogen) atoms. The summed E-state index contributed by atoms with van der Waals surface area (Å²) in [6, 6.07) is 2.87. The molecule has 0 aliphatic heterocycles. The lowest BCUT2D eigenvalue weighted by atomic mass is 10.2. The summed E-state index contributed by atoms with van der Waals surface area (Å²) in [6.45, 7) is 1.76. The molecule has 0 aliphatic rings. The van der Waals surface area contributed by atoms with Crippen LogP contribution in [0.25, 0.3) is 0 Å². The number of aliphatic carboxylic acids is 1. The first-order chi connectivity index (χ1) is 8.35. The van der Waals surface area contributed by atoms with Crippen molar-refractivity contribution in [3.63, 3.8) is 0 Å². The van der Waals surface area contributed by atoms with E-state index in [1.54, 1.807) is 6.92 Å². The van der Waals surface area contributed by atoms with Gasteiger partial charge in [0.25, 0.3) is 0 Å². The molecule has 102 valence electrons. The molecule has 0 aromatic carbocycles. The molecule has 0 saturated carbocycles. The average Bonchev–Trinajstić information content (AvgIpc) is 2.74. The Balaban J connectivity index is 2.73. The van der Waals surface area contributed by atoms with E-state index < -0.39 is 16.0 Å². The highest BCUT2D eigenvalue weighted by atomic mass is 32.2. The Bertz CT molecular complexity index is 508. The molecular weight excluding hydrogens is 278 g/mol. The number of nitrogens with one attached hydrogen (secondary N) is 1. The van der Waals surface area contributed by atoms with Crippen LogP contribution in [0.5, 0.6) is 0 Å². The molecule has 1 unspecified atom stereocenters. The number of hydrogen-bond acceptors (Lipinski definition) is 5. The Morgan fingerprint density at radius 3 is 2.72 bits per heavy atom. The van der Waals surface area contributed by atoms with Crippen molar-refractivity contribution in [1.82, 2.24) is 4.72 Å². The zero-order chi connectivity index (χ0) is 13.8. The SMILES string of the molecule is CC(CO)CNS(=O)(=O)c1ccc(CC(=O)O)s1. The lowest BCUT2D eigenvalue weighted by Crippen LogP contribution is -2.29. The molecule has 6 nitrogen and oxygen atoms in total. The third kappa shape index (κ3) is 4.37. The Hall–Kier alpha value is -0.960. The van der Waals surface area contributed by atoms with Crippen molar-refractivity contribution in [3.05, 3.63) is 17.0 Å². The minimum atomic E-state index is -3.62. The van der Waals surface area contributed by atoms with E-state index in [2.05, 4.69) is 4.72 Å². The number of thiophene rings is 1. The van der Waals surface area contributed by atoms with Gasteiger partial charge in [0.1, 0.15) is 4.21 Å². The highest BCUT2D eigenvalue weighted by molar-refractivity contribution is 7.91. The first-order valence-corrected chi connectivity index (χ1v) is 7.56. The minimum absolute atomic E-state index is 0.0869. The average molecular weight is 293 g/mol. The van der Waals surface area contributed by atoms with Crippen molar-refractivity contribution in [2.75, 3.05) is 13.2 Å². The number of aliphatic hydroxyl groups excluding tert-OH is 1. The molecule has 3 N–H and O–H groups in total. The van der Waals surface area contributed by atoms with Crippen LogP contribution in [0.15, 0.2) is 16.3 Å². The maximum atomic E-state index is 11.8. The summed E-state index contributed by atoms with van der Waals surface area (Å²) in [5.41, 5.74) is 0. The summed E-state index contributed by atoms with van der Waals surface area (Å²) in [4.78, 5) is 11.0. The standard InChI is InChI=1S/C10H15NO5S2/c1-7(6-12)5-11-18(15,16)10-3-2-8(17-10)4-9(13)14/h2-3,7,11-12H,4-6H2,1H3,(H,13,14). The molecule has 1 rings (SSSR count). The van der Waals surface area contributed by atoms with Crippen molar-refractivity contribution < 1.29 is 23.4 Å². The molecule has 1 atom stereocenters. The highest BCUT2D eigenvalue weighted by Crippen LogP contribution is 2.21. The van der Waals surface area contributed by atoms with Crippen molar-refractivity contribution in [1.29, 1.82) is 0 Å². The predicted octanol–water partition coefficient (Wildman–Crippen LogP) is 0.282. The fraction of sp³-hybridized carbons (Fsp3) is 0.500. The third-order valence-corrected chi connectivity index (χ3v) is 5.16. The zero-order valence-corrected chi connectivity index (χ0v) is 11.4. The first kappa shape index (κ1) is 15.1. The van der Waals surface area contributed by atoms with Crippen LogP contribution in [0.3, 0.4) is 0 Å². The number of hydrogen-bond donors (Lipinski definition) is 3. The second-order valence-electron chi connectivity index (χ2n) is 3.93. The monoisotopic (exact) mass is 293 g/mol. The van der Waals surface area contributed by atoms with Crippen LogP contribution in [0.1, 0.15) is 11.8 Å². The van der Waals surface area contributed by atoms with E-state index in [9.17, 15) is 13.2 Å². The Morgan fingerprint density at radius 2 is 2.17 bits per heavy atom. The van der Waals surface area contributed by atoms with Gasteiger partial charge < -0.3 is 10.2 Å². The minimum Gasteiger partial charge on any atom is -0.481 e. The molecule has 0 radical (unpaired) electrons. The highest BCUT2D eigenvalue weighted by Gasteiger charge is 2.18. The number of aliphatic hydroxyl groups is 1. The summed E-state index contributed by atoms with van der Waals surface area (Å²) in [7, 11) is -3.62. The Kier molecular flexibility index (Phi) is 5.27. The lowest BCUT2D eigenvalue weighted by molar-refractivity contribution is -0.136. The van der Waals surface area contributed by atoms with Gasteiger partial charge in [-0.25, -0.2) is 13.1 Å². The van der Waals surface area contributed by atoms with E-state index in [1.165, 1.54) is 12.1 Å². The topological polar surface area (TPSA) is 104 Å². The Labute approximate surface area is 109 Å². The number of rotatable bonds is 7. The van der Waals surface area contributed by atoms with Gasteiger partial charge >= 0.3 is 5.97 Å². The van der Waals surface area contributed by atoms with Gasteiger partial charge in [-0.3, -0.25) is 4.79 Å². The van der Waals surface area contributed by atoms with Gasteiger partial charge in [0.2, 0.25) is 10.0 Å². The molecule has 0 saturated heterocycles. The van der Waals surface area contributed by atoms with E-state index in [4.69, 9.17) is 10.2 Å². The maximum absolute atomic E-state index is 11.8. The van der Waals surface area contributed by atoms with E-state index >= 15 is 0 Å². The summed E-state index contributed by atoms with van der Waals surface area (Å²) >= 11 is 0.934. The van der Waals surface area contributed by atoms with E-state index in [0.717, 1.165) is 11.3 Å². The van der Waals surface area contributed by atoms with Crippen LogP contribution >= 0.6 is 11.3 Å². The summed E-state index contributed by atoms with van der Waals surface area (Å²) < 4.78 is 26.1. The van der Waals surface area contributed by atoms with Crippen LogP contribution < -0.4 is 4.72 Å². The quantitative estimate of drug-likeness (QED) is 0.670. The second-order valence-corrected chi connectivity index (χ2v) is 7.09. The van der Waals surface area contributed by atoms with E-state index in [1.807, 2.05) is 0 Å².